The molecule has 0 spiro atoms. The number of aromatic nitrogens is 3. The summed E-state index contributed by atoms with van der Waals surface area (Å²) in [5, 5.41) is 10.3. The Bertz CT molecular complexity index is 1100. The minimum absolute atomic E-state index is 0.0453. The van der Waals surface area contributed by atoms with Crippen LogP contribution in [0.15, 0.2) is 64.6 Å². The summed E-state index contributed by atoms with van der Waals surface area (Å²) >= 11 is 1.47. The van der Waals surface area contributed by atoms with Crippen molar-refractivity contribution in [3.63, 3.8) is 0 Å². The molecule has 170 valence electrons. The fourth-order valence-electron chi connectivity index (χ4n) is 2.96. The minimum atomic E-state index is -3.56. The summed E-state index contributed by atoms with van der Waals surface area (Å²) in [4.78, 5) is 16.4. The van der Waals surface area contributed by atoms with Crippen molar-refractivity contribution in [3.05, 3.63) is 71.5 Å². The van der Waals surface area contributed by atoms with E-state index in [9.17, 15) is 13.2 Å². The molecule has 10 heteroatoms. The third-order valence-corrected chi connectivity index (χ3v) is 6.98. The normalized spacial score (nSPS) is 11.4. The van der Waals surface area contributed by atoms with Gasteiger partial charge in [-0.15, -0.1) is 5.10 Å². The highest BCUT2D eigenvalue weighted by Crippen LogP contribution is 2.13. The highest BCUT2D eigenvalue weighted by atomic mass is 32.2. The van der Waals surface area contributed by atoms with E-state index in [4.69, 9.17) is 0 Å². The number of benzene rings is 2. The van der Waals surface area contributed by atoms with E-state index in [1.54, 1.807) is 24.3 Å². The van der Waals surface area contributed by atoms with Crippen LogP contribution < -0.4 is 10.0 Å². The van der Waals surface area contributed by atoms with E-state index in [-0.39, 0.29) is 10.8 Å². The predicted octanol–water partition coefficient (Wildman–Crippen LogP) is 2.48. The maximum atomic E-state index is 12.5. The number of carbonyl (C=O) groups is 1. The van der Waals surface area contributed by atoms with Crippen LogP contribution in [-0.2, 0) is 27.7 Å². The van der Waals surface area contributed by atoms with Gasteiger partial charge in [0.2, 0.25) is 21.1 Å². The van der Waals surface area contributed by atoms with Crippen molar-refractivity contribution in [3.8, 4) is 0 Å². The first-order valence-corrected chi connectivity index (χ1v) is 12.8. The lowest BCUT2D eigenvalue weighted by Crippen LogP contribution is -2.26. The SMILES string of the molecule is Cc1nc(SCCNC(=O)CCc2ccc(S(=O)(=O)NCCc3ccccc3)cc2)n[nH]1. The third-order valence-electron chi connectivity index (χ3n) is 4.66. The number of H-pyrrole nitrogens is 1. The number of sulfonamides is 1. The average molecular weight is 474 g/mol. The van der Waals surface area contributed by atoms with Gasteiger partial charge in [0.15, 0.2) is 0 Å². The summed E-state index contributed by atoms with van der Waals surface area (Å²) in [6.45, 7) is 2.70. The first-order chi connectivity index (χ1) is 15.4. The first-order valence-electron chi connectivity index (χ1n) is 10.3. The molecule has 0 atom stereocenters. The van der Waals surface area contributed by atoms with Gasteiger partial charge in [-0.1, -0.05) is 54.2 Å². The number of aromatic amines is 1. The lowest BCUT2D eigenvalue weighted by Gasteiger charge is -2.08. The molecule has 2 aromatic carbocycles. The Kier molecular flexibility index (Phi) is 8.83. The molecule has 0 saturated carbocycles. The highest BCUT2D eigenvalue weighted by molar-refractivity contribution is 7.99. The Morgan fingerprint density at radius 1 is 1.00 bits per heavy atom. The second-order valence-electron chi connectivity index (χ2n) is 7.18. The highest BCUT2D eigenvalue weighted by Gasteiger charge is 2.13. The Morgan fingerprint density at radius 3 is 2.41 bits per heavy atom. The van der Waals surface area contributed by atoms with Gasteiger partial charge >= 0.3 is 0 Å². The van der Waals surface area contributed by atoms with Crippen molar-refractivity contribution < 1.29 is 13.2 Å². The van der Waals surface area contributed by atoms with E-state index in [1.807, 2.05) is 37.3 Å². The summed E-state index contributed by atoms with van der Waals surface area (Å²) in [6.07, 6.45) is 1.51. The Morgan fingerprint density at radius 2 is 1.72 bits per heavy atom. The number of nitrogens with zero attached hydrogens (tertiary/aromatic N) is 2. The third kappa shape index (κ3) is 7.77. The lowest BCUT2D eigenvalue weighted by molar-refractivity contribution is -0.120. The van der Waals surface area contributed by atoms with Crippen LogP contribution in [-0.4, -0.2) is 48.3 Å². The lowest BCUT2D eigenvalue weighted by atomic mass is 10.1. The molecular weight excluding hydrogens is 446 g/mol. The number of thioether (sulfide) groups is 1. The maximum absolute atomic E-state index is 12.5. The van der Waals surface area contributed by atoms with Crippen LogP contribution in [0.5, 0.6) is 0 Å². The predicted molar refractivity (Wildman–Crippen MR) is 125 cm³/mol. The van der Waals surface area contributed by atoms with Gasteiger partial charge in [-0.3, -0.25) is 9.89 Å². The standard InChI is InChI=1S/C22H27N5O3S2/c1-17-25-22(27-26-17)31-16-15-23-21(28)12-9-19-7-10-20(11-8-19)32(29,30)24-14-13-18-5-3-2-4-6-18/h2-8,10-11,24H,9,12-16H2,1H3,(H,23,28)(H,25,26,27). The zero-order valence-corrected chi connectivity index (χ0v) is 19.5. The van der Waals surface area contributed by atoms with Crippen LogP contribution in [0.1, 0.15) is 23.4 Å². The Hall–Kier alpha value is -2.69. The average Bonchev–Trinajstić information content (AvgIpc) is 3.21. The van der Waals surface area contributed by atoms with Crippen LogP contribution in [0.2, 0.25) is 0 Å². The van der Waals surface area contributed by atoms with Gasteiger partial charge in [0.1, 0.15) is 5.82 Å². The van der Waals surface area contributed by atoms with E-state index in [2.05, 4.69) is 25.2 Å². The molecule has 0 radical (unpaired) electrons. The molecule has 0 fully saturated rings. The van der Waals surface area contributed by atoms with Crippen molar-refractivity contribution in [1.29, 1.82) is 0 Å². The van der Waals surface area contributed by atoms with E-state index in [0.29, 0.717) is 43.3 Å². The summed E-state index contributed by atoms with van der Waals surface area (Å²) in [7, 11) is -3.56. The molecule has 1 aromatic heterocycles. The number of hydrogen-bond donors (Lipinski definition) is 3. The molecule has 32 heavy (non-hydrogen) atoms. The molecule has 3 rings (SSSR count). The largest absolute Gasteiger partial charge is 0.355 e. The van der Waals surface area contributed by atoms with Crippen molar-refractivity contribution in [2.45, 2.75) is 36.2 Å². The van der Waals surface area contributed by atoms with Crippen LogP contribution in [0.25, 0.3) is 0 Å². The summed E-state index contributed by atoms with van der Waals surface area (Å²) in [5.41, 5.74) is 1.99. The number of hydrogen-bond acceptors (Lipinski definition) is 6. The molecule has 3 aromatic rings. The number of carbonyl (C=O) groups excluding carboxylic acids is 1. The van der Waals surface area contributed by atoms with Crippen molar-refractivity contribution in [2.75, 3.05) is 18.8 Å². The second-order valence-corrected chi connectivity index (χ2v) is 10.0. The molecule has 0 aliphatic rings. The van der Waals surface area contributed by atoms with Crippen molar-refractivity contribution >= 4 is 27.7 Å². The van der Waals surface area contributed by atoms with Crippen LogP contribution in [0.3, 0.4) is 0 Å². The molecule has 0 unspecified atom stereocenters. The fourth-order valence-corrected chi connectivity index (χ4v) is 4.69. The number of rotatable bonds is 12. The van der Waals surface area contributed by atoms with E-state index in [1.165, 1.54) is 11.8 Å². The number of amides is 1. The van der Waals surface area contributed by atoms with Crippen molar-refractivity contribution in [2.24, 2.45) is 0 Å². The first kappa shape index (κ1) is 24.0. The van der Waals surface area contributed by atoms with Gasteiger partial charge < -0.3 is 5.32 Å². The zero-order valence-electron chi connectivity index (χ0n) is 17.9. The molecule has 0 aliphatic heterocycles. The van der Waals surface area contributed by atoms with Crippen molar-refractivity contribution in [1.82, 2.24) is 25.2 Å². The summed E-state index contributed by atoms with van der Waals surface area (Å²) in [5.74, 6) is 1.40. The zero-order chi connectivity index (χ0) is 22.8. The smallest absolute Gasteiger partial charge is 0.240 e. The molecule has 0 bridgehead atoms. The van der Waals surface area contributed by atoms with Gasteiger partial charge in [0, 0.05) is 25.3 Å². The van der Waals surface area contributed by atoms with Crippen LogP contribution in [0, 0.1) is 6.92 Å². The molecular formula is C22H27N5O3S2. The molecule has 1 heterocycles. The molecule has 8 nitrogen and oxygen atoms in total. The van der Waals surface area contributed by atoms with Gasteiger partial charge in [-0.25, -0.2) is 18.1 Å². The van der Waals surface area contributed by atoms with E-state index >= 15 is 0 Å². The second kappa shape index (κ2) is 11.8. The maximum Gasteiger partial charge on any atom is 0.240 e. The molecule has 0 saturated heterocycles. The van der Waals surface area contributed by atoms with E-state index in [0.717, 1.165) is 17.0 Å². The topological polar surface area (TPSA) is 117 Å². The van der Waals surface area contributed by atoms with Crippen LogP contribution >= 0.6 is 11.8 Å². The Labute approximate surface area is 192 Å². The van der Waals surface area contributed by atoms with E-state index < -0.39 is 10.0 Å². The molecule has 3 N–H and O–H groups in total. The van der Waals surface area contributed by atoms with Gasteiger partial charge in [-0.2, -0.15) is 0 Å². The number of nitrogens with one attached hydrogen (secondary N) is 3. The quantitative estimate of drug-likeness (QED) is 0.275. The van der Waals surface area contributed by atoms with Gasteiger partial charge in [0.05, 0.1) is 4.90 Å². The minimum Gasteiger partial charge on any atom is -0.355 e. The van der Waals surface area contributed by atoms with Gasteiger partial charge in [0.25, 0.3) is 0 Å². The fraction of sp³-hybridized carbons (Fsp3) is 0.318. The van der Waals surface area contributed by atoms with Gasteiger partial charge in [-0.05, 0) is 43.0 Å². The molecule has 1 amide bonds. The monoisotopic (exact) mass is 473 g/mol. The molecule has 0 aliphatic carbocycles. The Balaban J connectivity index is 1.37. The summed E-state index contributed by atoms with van der Waals surface area (Å²) < 4.78 is 27.6. The summed E-state index contributed by atoms with van der Waals surface area (Å²) in [6, 6.07) is 16.4. The van der Waals surface area contributed by atoms with Crippen LogP contribution in [0.4, 0.5) is 0 Å². The number of aryl methyl sites for hydroxylation is 2.